The zero-order chi connectivity index (χ0) is 23.8. The van der Waals surface area contributed by atoms with E-state index in [1.54, 1.807) is 16.8 Å². The molecule has 1 aliphatic rings. The van der Waals surface area contributed by atoms with Crippen molar-refractivity contribution in [2.24, 2.45) is 0 Å². The minimum Gasteiger partial charge on any atom is -0.490 e. The van der Waals surface area contributed by atoms with E-state index in [1.807, 2.05) is 60.8 Å². The largest absolute Gasteiger partial charge is 0.490 e. The van der Waals surface area contributed by atoms with E-state index in [2.05, 4.69) is 18.0 Å². The molecule has 0 bridgehead atoms. The minimum absolute atomic E-state index is 0.0744. The van der Waals surface area contributed by atoms with Crippen LogP contribution in [0, 0.1) is 11.3 Å². The average Bonchev–Trinajstić information content (AvgIpc) is 3.31. The van der Waals surface area contributed by atoms with Gasteiger partial charge in [0.05, 0.1) is 11.4 Å². The maximum Gasteiger partial charge on any atom is 0.262 e. The molecule has 1 heterocycles. The van der Waals surface area contributed by atoms with Crippen molar-refractivity contribution in [1.29, 1.82) is 5.26 Å². The van der Waals surface area contributed by atoms with E-state index in [-0.39, 0.29) is 17.5 Å². The number of benzene rings is 2. The second-order valence-corrected chi connectivity index (χ2v) is 8.32. The van der Waals surface area contributed by atoms with Gasteiger partial charge in [0.15, 0.2) is 0 Å². The third-order valence-corrected chi connectivity index (χ3v) is 5.86. The molecule has 172 valence electrons. The second-order valence-electron chi connectivity index (χ2n) is 8.32. The summed E-state index contributed by atoms with van der Waals surface area (Å²) < 4.78 is 7.35. The van der Waals surface area contributed by atoms with Crippen LogP contribution in [0.3, 0.4) is 0 Å². The molecule has 1 fully saturated rings. The molecule has 34 heavy (non-hydrogen) atoms. The number of hydrogen-bond acceptors (Lipinski definition) is 4. The SMILES string of the molecule is C=CCOc1ccc(-c2nn(-c3ccccc3)cc2C=C(C#N)C(=O)NC2CCCCC2)cc1. The topological polar surface area (TPSA) is 79.9 Å². The first-order valence-corrected chi connectivity index (χ1v) is 11.6. The van der Waals surface area contributed by atoms with Crippen molar-refractivity contribution >= 4 is 12.0 Å². The zero-order valence-electron chi connectivity index (χ0n) is 19.1. The van der Waals surface area contributed by atoms with Crippen molar-refractivity contribution in [2.45, 2.75) is 38.1 Å². The van der Waals surface area contributed by atoms with Crippen LogP contribution < -0.4 is 10.1 Å². The van der Waals surface area contributed by atoms with E-state index in [1.165, 1.54) is 6.42 Å². The number of nitriles is 1. The lowest BCUT2D eigenvalue weighted by Gasteiger charge is -2.22. The lowest BCUT2D eigenvalue weighted by atomic mass is 9.95. The number of aromatic nitrogens is 2. The Morgan fingerprint density at radius 2 is 1.88 bits per heavy atom. The van der Waals surface area contributed by atoms with Crippen LogP contribution in [0.4, 0.5) is 0 Å². The first-order valence-electron chi connectivity index (χ1n) is 11.6. The Balaban J connectivity index is 1.68. The van der Waals surface area contributed by atoms with Crippen molar-refractivity contribution < 1.29 is 9.53 Å². The van der Waals surface area contributed by atoms with Crippen LogP contribution in [0.5, 0.6) is 5.75 Å². The molecule has 0 atom stereocenters. The van der Waals surface area contributed by atoms with Gasteiger partial charge in [-0.3, -0.25) is 4.79 Å². The maximum atomic E-state index is 12.9. The fourth-order valence-electron chi connectivity index (χ4n) is 4.11. The lowest BCUT2D eigenvalue weighted by Crippen LogP contribution is -2.36. The molecule has 0 radical (unpaired) electrons. The third-order valence-electron chi connectivity index (χ3n) is 5.86. The Kier molecular flexibility index (Phi) is 7.56. The number of ether oxygens (including phenoxy) is 1. The molecule has 6 nitrogen and oxygen atoms in total. The van der Waals surface area contributed by atoms with Gasteiger partial charge in [0.2, 0.25) is 0 Å². The van der Waals surface area contributed by atoms with Crippen LogP contribution >= 0.6 is 0 Å². The van der Waals surface area contributed by atoms with E-state index in [9.17, 15) is 10.1 Å². The van der Waals surface area contributed by atoms with Gasteiger partial charge in [-0.15, -0.1) is 0 Å². The quantitative estimate of drug-likeness (QED) is 0.280. The first kappa shape index (κ1) is 23.1. The molecule has 4 rings (SSSR count). The van der Waals surface area contributed by atoms with E-state index < -0.39 is 0 Å². The number of nitrogens with zero attached hydrogens (tertiary/aromatic N) is 3. The van der Waals surface area contributed by atoms with Crippen molar-refractivity contribution in [3.8, 4) is 28.8 Å². The number of nitrogens with one attached hydrogen (secondary N) is 1. The van der Waals surface area contributed by atoms with Crippen molar-refractivity contribution in [1.82, 2.24) is 15.1 Å². The van der Waals surface area contributed by atoms with Gasteiger partial charge in [0.1, 0.15) is 24.0 Å². The van der Waals surface area contributed by atoms with Crippen LogP contribution in [-0.4, -0.2) is 28.3 Å². The summed E-state index contributed by atoms with van der Waals surface area (Å²) in [5.41, 5.74) is 3.19. The van der Waals surface area contributed by atoms with Crippen LogP contribution in [0.15, 0.2) is 79.0 Å². The van der Waals surface area contributed by atoms with Gasteiger partial charge in [-0.2, -0.15) is 10.4 Å². The Bertz CT molecular complexity index is 1200. The summed E-state index contributed by atoms with van der Waals surface area (Å²) in [7, 11) is 0. The Morgan fingerprint density at radius 1 is 1.15 bits per heavy atom. The molecule has 1 amide bonds. The molecule has 0 spiro atoms. The highest BCUT2D eigenvalue weighted by Gasteiger charge is 2.19. The average molecular weight is 453 g/mol. The van der Waals surface area contributed by atoms with Gasteiger partial charge < -0.3 is 10.1 Å². The third kappa shape index (κ3) is 5.62. The summed E-state index contributed by atoms with van der Waals surface area (Å²) in [5, 5.41) is 17.6. The van der Waals surface area contributed by atoms with E-state index >= 15 is 0 Å². The number of para-hydroxylation sites is 1. The highest BCUT2D eigenvalue weighted by atomic mass is 16.5. The fraction of sp³-hybridized carbons (Fsp3) is 0.250. The molecular formula is C28H28N4O2. The Labute approximate surface area is 200 Å². The van der Waals surface area contributed by atoms with Gasteiger partial charge in [0, 0.05) is 23.4 Å². The zero-order valence-corrected chi connectivity index (χ0v) is 19.1. The minimum atomic E-state index is -0.332. The van der Waals surface area contributed by atoms with Gasteiger partial charge in [-0.05, 0) is 55.3 Å². The molecular weight excluding hydrogens is 424 g/mol. The molecule has 0 aliphatic heterocycles. The van der Waals surface area contributed by atoms with Crippen molar-refractivity contribution in [3.05, 3.63) is 84.6 Å². The molecule has 2 aromatic carbocycles. The molecule has 3 aromatic rings. The molecule has 1 saturated carbocycles. The molecule has 1 aliphatic carbocycles. The monoisotopic (exact) mass is 452 g/mol. The van der Waals surface area contributed by atoms with E-state index in [4.69, 9.17) is 9.84 Å². The highest BCUT2D eigenvalue weighted by molar-refractivity contribution is 6.02. The van der Waals surface area contributed by atoms with E-state index in [0.717, 1.165) is 42.7 Å². The number of carbonyl (C=O) groups excluding carboxylic acids is 1. The van der Waals surface area contributed by atoms with Gasteiger partial charge >= 0.3 is 0 Å². The number of amides is 1. The summed E-state index contributed by atoms with van der Waals surface area (Å²) in [5.74, 6) is 0.397. The van der Waals surface area contributed by atoms with Crippen LogP contribution in [0.2, 0.25) is 0 Å². The first-order chi connectivity index (χ1) is 16.7. The van der Waals surface area contributed by atoms with E-state index in [0.29, 0.717) is 17.9 Å². The Hall–Kier alpha value is -4.11. The molecule has 6 heteroatoms. The van der Waals surface area contributed by atoms with Crippen LogP contribution in [0.25, 0.3) is 23.0 Å². The predicted molar refractivity (Wildman–Crippen MR) is 133 cm³/mol. The molecule has 1 aromatic heterocycles. The van der Waals surface area contributed by atoms with Gasteiger partial charge in [0.25, 0.3) is 5.91 Å². The summed E-state index contributed by atoms with van der Waals surface area (Å²) in [6.07, 6.45) is 10.5. The molecule has 1 N–H and O–H groups in total. The van der Waals surface area contributed by atoms with Crippen LogP contribution in [0.1, 0.15) is 37.7 Å². The summed E-state index contributed by atoms with van der Waals surface area (Å²) in [4.78, 5) is 12.9. The fourth-order valence-corrected chi connectivity index (χ4v) is 4.11. The summed E-state index contributed by atoms with van der Waals surface area (Å²) in [6.45, 7) is 4.10. The maximum absolute atomic E-state index is 12.9. The normalized spacial score (nSPS) is 14.3. The lowest BCUT2D eigenvalue weighted by molar-refractivity contribution is -0.117. The Morgan fingerprint density at radius 3 is 2.56 bits per heavy atom. The van der Waals surface area contributed by atoms with Crippen molar-refractivity contribution in [2.75, 3.05) is 6.61 Å². The number of carbonyl (C=O) groups is 1. The van der Waals surface area contributed by atoms with Gasteiger partial charge in [-0.25, -0.2) is 4.68 Å². The highest BCUT2D eigenvalue weighted by Crippen LogP contribution is 2.28. The number of hydrogen-bond donors (Lipinski definition) is 1. The second kappa shape index (κ2) is 11.2. The standard InChI is InChI=1S/C28H28N4O2/c1-2-17-34-26-15-13-21(14-16-26)27-23(20-32(31-27)25-11-7-4-8-12-25)18-22(19-29)28(33)30-24-9-5-3-6-10-24/h2,4,7-8,11-16,18,20,24H,1,3,5-6,9-10,17H2,(H,30,33). The summed E-state index contributed by atoms with van der Waals surface area (Å²) >= 11 is 0. The van der Waals surface area contributed by atoms with Crippen LogP contribution in [-0.2, 0) is 4.79 Å². The van der Waals surface area contributed by atoms with Gasteiger partial charge in [-0.1, -0.05) is 50.1 Å². The number of rotatable bonds is 8. The molecule has 0 unspecified atom stereocenters. The smallest absolute Gasteiger partial charge is 0.262 e. The van der Waals surface area contributed by atoms with Crippen molar-refractivity contribution in [3.63, 3.8) is 0 Å². The molecule has 0 saturated heterocycles. The predicted octanol–water partition coefficient (Wildman–Crippen LogP) is 5.46. The summed E-state index contributed by atoms with van der Waals surface area (Å²) in [6, 6.07) is 19.5.